The summed E-state index contributed by atoms with van der Waals surface area (Å²) in [5, 5.41) is 19.4. The molecule has 116 valence electrons. The first-order valence-corrected chi connectivity index (χ1v) is 7.29. The van der Waals surface area contributed by atoms with Gasteiger partial charge in [-0.3, -0.25) is 0 Å². The van der Waals surface area contributed by atoms with Crippen molar-refractivity contribution in [1.29, 1.82) is 0 Å². The van der Waals surface area contributed by atoms with Crippen molar-refractivity contribution in [2.45, 2.75) is 5.94 Å². The minimum atomic E-state index is -2.45. The molecule has 11 heteroatoms. The number of fused-ring (bicyclic) bond motifs is 1. The van der Waals surface area contributed by atoms with Crippen LogP contribution in [0.2, 0.25) is 0 Å². The number of morpholine rings is 1. The number of hydrogen-bond acceptors (Lipinski definition) is 8. The second-order valence-corrected chi connectivity index (χ2v) is 5.47. The molecule has 2 saturated heterocycles. The van der Waals surface area contributed by atoms with Gasteiger partial charge in [0.05, 0.1) is 19.0 Å². The summed E-state index contributed by atoms with van der Waals surface area (Å²) in [5.41, 5.74) is 0.894. The Hall–Kier alpha value is -1.07. The van der Waals surface area contributed by atoms with Crippen LogP contribution in [0.1, 0.15) is 11.5 Å². The molecule has 0 unspecified atom stereocenters. The highest BCUT2D eigenvalue weighted by Crippen LogP contribution is 2.46. The summed E-state index contributed by atoms with van der Waals surface area (Å²) in [7, 11) is -3.22. The van der Waals surface area contributed by atoms with E-state index in [2.05, 4.69) is 9.47 Å². The molecule has 3 aliphatic heterocycles. The Balaban J connectivity index is 1.74. The average molecular weight is 306 g/mol. The summed E-state index contributed by atoms with van der Waals surface area (Å²) in [6.07, 6.45) is 0. The van der Waals surface area contributed by atoms with E-state index in [1.54, 1.807) is 6.07 Å². The lowest BCUT2D eigenvalue weighted by atomic mass is 9.62. The Morgan fingerprint density at radius 2 is 1.77 bits per heavy atom. The molecule has 0 aliphatic carbocycles. The van der Waals surface area contributed by atoms with E-state index in [-0.39, 0.29) is 5.94 Å². The van der Waals surface area contributed by atoms with Crippen molar-refractivity contribution in [2.75, 3.05) is 26.3 Å². The molecule has 0 bridgehead atoms. The quantitative estimate of drug-likeness (QED) is 0.635. The molecule has 2 fully saturated rings. The van der Waals surface area contributed by atoms with E-state index in [1.807, 2.05) is 18.2 Å². The van der Waals surface area contributed by atoms with Crippen LogP contribution in [0, 0.1) is 0 Å². The largest absolute Gasteiger partial charge is 0.670 e. The van der Waals surface area contributed by atoms with E-state index in [9.17, 15) is 10.0 Å². The van der Waals surface area contributed by atoms with Crippen molar-refractivity contribution in [3.63, 3.8) is 0 Å². The first kappa shape index (κ1) is 14.5. The van der Waals surface area contributed by atoms with Crippen molar-refractivity contribution in [3.8, 4) is 5.75 Å². The van der Waals surface area contributed by atoms with Gasteiger partial charge in [-0.2, -0.15) is 0 Å². The van der Waals surface area contributed by atoms with Gasteiger partial charge in [-0.15, -0.1) is 0 Å². The number of para-hydroxylation sites is 1. The van der Waals surface area contributed by atoms with Crippen LogP contribution >= 0.6 is 0 Å². The molecule has 2 N–H and O–H groups in total. The van der Waals surface area contributed by atoms with Gasteiger partial charge in [0.1, 0.15) is 0 Å². The fraction of sp³-hybridized carbons (Fsp3) is 0.455. The van der Waals surface area contributed by atoms with E-state index < -0.39 is 21.4 Å². The summed E-state index contributed by atoms with van der Waals surface area (Å²) in [6, 6.07) is 7.47. The number of nitrogens with zero attached hydrogens (tertiary/aromatic N) is 1. The van der Waals surface area contributed by atoms with Gasteiger partial charge in [0.25, 0.3) is 0 Å². The summed E-state index contributed by atoms with van der Waals surface area (Å²) in [6.45, 7) is 0.0741. The fourth-order valence-corrected chi connectivity index (χ4v) is 3.33. The van der Waals surface area contributed by atoms with Crippen molar-refractivity contribution < 1.29 is 33.2 Å². The predicted molar refractivity (Wildman–Crippen MR) is 77.2 cm³/mol. The van der Waals surface area contributed by atoms with Gasteiger partial charge in [0.2, 0.25) is 0 Å². The van der Waals surface area contributed by atoms with Crippen LogP contribution in [0.4, 0.5) is 0 Å². The van der Waals surface area contributed by atoms with Gasteiger partial charge in [-0.25, -0.2) is 0 Å². The van der Waals surface area contributed by atoms with Gasteiger partial charge in [-0.1, -0.05) is 18.2 Å². The van der Waals surface area contributed by atoms with E-state index in [0.717, 1.165) is 5.56 Å². The zero-order valence-corrected chi connectivity index (χ0v) is 11.8. The van der Waals surface area contributed by atoms with Crippen molar-refractivity contribution in [2.24, 2.45) is 0 Å². The third-order valence-corrected chi connectivity index (χ3v) is 4.20. The second-order valence-electron chi connectivity index (χ2n) is 5.47. The molecular weight excluding hydrogens is 291 g/mol. The van der Waals surface area contributed by atoms with E-state index in [0.29, 0.717) is 32.1 Å². The predicted octanol–water partition coefficient (Wildman–Crippen LogP) is -1.05. The van der Waals surface area contributed by atoms with Gasteiger partial charge < -0.3 is 38.1 Å². The standard InChI is InChI=1S/C11H15B3NO7/c16-12-20-13(17)22-14(21-12)11(15-5-7-18-8-6-15)9-3-1-2-4-10(9)19-14/h1-4,11,16-17H,5-8H2/q-1/t11-/m1/s1. The maximum absolute atomic E-state index is 9.71. The van der Waals surface area contributed by atoms with Gasteiger partial charge in [0, 0.05) is 19.0 Å². The van der Waals surface area contributed by atoms with Crippen LogP contribution in [-0.2, 0) is 18.5 Å². The average Bonchev–Trinajstić information content (AvgIpc) is 2.79. The van der Waals surface area contributed by atoms with E-state index in [4.69, 9.17) is 18.5 Å². The molecule has 8 nitrogen and oxygen atoms in total. The molecule has 0 saturated carbocycles. The molecule has 1 aromatic carbocycles. The third-order valence-electron chi connectivity index (χ3n) is 4.20. The van der Waals surface area contributed by atoms with Crippen LogP contribution < -0.4 is 4.65 Å². The monoisotopic (exact) mass is 306 g/mol. The van der Waals surface area contributed by atoms with Crippen LogP contribution in [0.5, 0.6) is 5.75 Å². The Kier molecular flexibility index (Phi) is 3.65. The summed E-state index contributed by atoms with van der Waals surface area (Å²) >= 11 is 0. The topological polar surface area (TPSA) is 89.9 Å². The lowest BCUT2D eigenvalue weighted by molar-refractivity contribution is 0.0148. The number of hydrogen-bond donors (Lipinski definition) is 2. The molecule has 3 aliphatic rings. The maximum atomic E-state index is 9.71. The Morgan fingerprint density at radius 1 is 1.09 bits per heavy atom. The fourth-order valence-electron chi connectivity index (χ4n) is 3.33. The normalized spacial score (nSPS) is 27.8. The second kappa shape index (κ2) is 5.53. The molecule has 4 rings (SSSR count). The van der Waals surface area contributed by atoms with Gasteiger partial charge in [-0.05, 0) is 11.6 Å². The minimum Gasteiger partial charge on any atom is -0.670 e. The minimum absolute atomic E-state index is 0.381. The number of benzene rings is 1. The molecule has 1 aromatic rings. The van der Waals surface area contributed by atoms with Crippen molar-refractivity contribution in [1.82, 2.24) is 4.90 Å². The molecule has 22 heavy (non-hydrogen) atoms. The highest BCUT2D eigenvalue weighted by molar-refractivity contribution is 6.78. The molecular formula is C11H15B3NO7-. The first-order chi connectivity index (χ1) is 10.7. The zero-order valence-electron chi connectivity index (χ0n) is 11.8. The summed E-state index contributed by atoms with van der Waals surface area (Å²) < 4.78 is 26.9. The molecule has 3 heterocycles. The molecule has 0 amide bonds. The number of ether oxygens (including phenoxy) is 1. The van der Waals surface area contributed by atoms with Crippen molar-refractivity contribution in [3.05, 3.63) is 29.8 Å². The highest BCUT2D eigenvalue weighted by Gasteiger charge is 2.56. The Morgan fingerprint density at radius 3 is 2.50 bits per heavy atom. The van der Waals surface area contributed by atoms with Crippen LogP contribution in [0.3, 0.4) is 0 Å². The Bertz CT molecular complexity index is 548. The number of rotatable bonds is 1. The van der Waals surface area contributed by atoms with Crippen LogP contribution in [0.15, 0.2) is 24.3 Å². The maximum Gasteiger partial charge on any atom is 0.582 e. The van der Waals surface area contributed by atoms with Crippen LogP contribution in [-0.4, -0.2) is 62.6 Å². The van der Waals surface area contributed by atoms with Crippen LogP contribution in [0.25, 0.3) is 0 Å². The Labute approximate surface area is 128 Å². The smallest absolute Gasteiger partial charge is 0.582 e. The first-order valence-electron chi connectivity index (χ1n) is 7.29. The van der Waals surface area contributed by atoms with Gasteiger partial charge in [0.15, 0.2) is 0 Å². The van der Waals surface area contributed by atoms with Crippen molar-refractivity contribution >= 4 is 21.4 Å². The highest BCUT2D eigenvalue weighted by atomic mass is 16.9. The summed E-state index contributed by atoms with van der Waals surface area (Å²) in [5.74, 6) is 0.230. The lowest BCUT2D eigenvalue weighted by Gasteiger charge is -2.50. The molecule has 1 spiro atoms. The molecule has 1 atom stereocenters. The summed E-state index contributed by atoms with van der Waals surface area (Å²) in [4.78, 5) is 2.11. The molecule has 0 aromatic heterocycles. The van der Waals surface area contributed by atoms with E-state index in [1.165, 1.54) is 0 Å². The zero-order chi connectivity index (χ0) is 15.2. The van der Waals surface area contributed by atoms with Gasteiger partial charge >= 0.3 is 21.4 Å². The third kappa shape index (κ3) is 2.35. The molecule has 0 radical (unpaired) electrons. The lowest BCUT2D eigenvalue weighted by Crippen LogP contribution is -2.66. The van der Waals surface area contributed by atoms with E-state index >= 15 is 0 Å². The SMILES string of the molecule is OB1OB(O)O[B-]2(O1)Oc1ccccc1[C@H]2N1CCOCC1.